The Morgan fingerprint density at radius 1 is 1.00 bits per heavy atom. The molecule has 198 valence electrons. The number of ether oxygens (including phenoxy) is 1. The second-order valence-electron chi connectivity index (χ2n) is 8.16. The Balaban J connectivity index is 0.000000521. The average Bonchev–Trinajstić information content (AvgIpc) is 2.90. The van der Waals surface area contributed by atoms with Crippen LogP contribution in [0.5, 0.6) is 5.88 Å². The molecule has 0 aliphatic carbocycles. The van der Waals surface area contributed by atoms with Crippen LogP contribution >= 0.6 is 0 Å². The zero-order chi connectivity index (χ0) is 26.9. The number of likely N-dealkylation sites (tertiary alicyclic amines) is 1. The number of pyridine rings is 1. The van der Waals surface area contributed by atoms with Crippen molar-refractivity contribution in [3.05, 3.63) is 83.6 Å². The maximum atomic E-state index is 12.2. The number of benzene rings is 1. The molecule has 4 N–H and O–H groups in total. The fraction of sp³-hybridized carbons (Fsp3) is 0.333. The smallest absolute Gasteiger partial charge is 0.328 e. The number of hydrogen-bond acceptors (Lipinski definition) is 7. The van der Waals surface area contributed by atoms with Crippen LogP contribution in [0, 0.1) is 0 Å². The molecule has 1 aliphatic rings. The van der Waals surface area contributed by atoms with Gasteiger partial charge in [-0.3, -0.25) is 9.69 Å². The summed E-state index contributed by atoms with van der Waals surface area (Å²) < 4.78 is 5.70. The lowest BCUT2D eigenvalue weighted by Crippen LogP contribution is -2.29. The number of carbonyl (C=O) groups excluding carboxylic acids is 1. The molecule has 0 saturated carbocycles. The molecule has 0 atom stereocenters. The fourth-order valence-corrected chi connectivity index (χ4v) is 3.56. The number of aromatic nitrogens is 1. The zero-order valence-corrected chi connectivity index (χ0v) is 20.6. The predicted molar refractivity (Wildman–Crippen MR) is 137 cm³/mol. The summed E-state index contributed by atoms with van der Waals surface area (Å²) in [4.78, 5) is 38.0. The number of aliphatic hydroxyl groups is 1. The molecular weight excluding hydrogens is 478 g/mol. The van der Waals surface area contributed by atoms with E-state index in [0.717, 1.165) is 19.6 Å². The van der Waals surface area contributed by atoms with E-state index in [4.69, 9.17) is 14.9 Å². The van der Waals surface area contributed by atoms with Crippen LogP contribution in [0.1, 0.15) is 40.7 Å². The van der Waals surface area contributed by atoms with E-state index in [9.17, 15) is 19.5 Å². The van der Waals surface area contributed by atoms with Gasteiger partial charge in [-0.25, -0.2) is 14.6 Å². The van der Waals surface area contributed by atoms with Crippen LogP contribution in [-0.4, -0.2) is 69.3 Å². The molecule has 37 heavy (non-hydrogen) atoms. The van der Waals surface area contributed by atoms with Crippen LogP contribution in [-0.2, 0) is 22.7 Å². The minimum Gasteiger partial charge on any atom is -0.478 e. The Kier molecular flexibility index (Phi) is 13.1. The molecule has 1 fully saturated rings. The number of piperidine rings is 1. The van der Waals surface area contributed by atoms with Crippen molar-refractivity contribution in [1.29, 1.82) is 0 Å². The van der Waals surface area contributed by atoms with Crippen LogP contribution in [0.2, 0.25) is 0 Å². The second kappa shape index (κ2) is 16.6. The standard InChI is InChI=1S/C23H29N3O3.C4H4O4/c27-18-20-8-2-3-9-21(20)23(28)25-11-4-7-15-29-22-16-19(10-12-24-22)17-26-13-5-1-6-14-26;5-3(6)1-2-4(7)8/h2-4,7-10,12,16,27H,1,5-6,11,13-15,17-18H2,(H,25,28);1-2H,(H,5,6)(H,7,8)/b7-4-;2-1-. The Labute approximate surface area is 215 Å². The van der Waals surface area contributed by atoms with Gasteiger partial charge >= 0.3 is 11.9 Å². The highest BCUT2D eigenvalue weighted by molar-refractivity contribution is 5.95. The maximum Gasteiger partial charge on any atom is 0.328 e. The monoisotopic (exact) mass is 511 g/mol. The Hall–Kier alpha value is -4.02. The minimum absolute atomic E-state index is 0.156. The van der Waals surface area contributed by atoms with Crippen molar-refractivity contribution in [3.8, 4) is 5.88 Å². The summed E-state index contributed by atoms with van der Waals surface area (Å²) in [7, 11) is 0. The van der Waals surface area contributed by atoms with Crippen molar-refractivity contribution in [2.75, 3.05) is 26.2 Å². The third kappa shape index (κ3) is 12.0. The van der Waals surface area contributed by atoms with Gasteiger partial charge in [0.2, 0.25) is 5.88 Å². The van der Waals surface area contributed by atoms with Gasteiger partial charge in [0.1, 0.15) is 6.61 Å². The molecule has 1 aromatic carbocycles. The van der Waals surface area contributed by atoms with E-state index in [2.05, 4.69) is 15.2 Å². The molecule has 2 aromatic rings. The average molecular weight is 512 g/mol. The van der Waals surface area contributed by atoms with Crippen LogP contribution < -0.4 is 10.1 Å². The van der Waals surface area contributed by atoms with Crippen molar-refractivity contribution in [2.24, 2.45) is 0 Å². The van der Waals surface area contributed by atoms with E-state index >= 15 is 0 Å². The number of carbonyl (C=O) groups is 3. The molecule has 0 spiro atoms. The van der Waals surface area contributed by atoms with Crippen LogP contribution in [0.3, 0.4) is 0 Å². The Morgan fingerprint density at radius 2 is 1.70 bits per heavy atom. The Morgan fingerprint density at radius 3 is 2.38 bits per heavy atom. The van der Waals surface area contributed by atoms with E-state index in [1.165, 1.54) is 24.8 Å². The van der Waals surface area contributed by atoms with Gasteiger partial charge in [0.25, 0.3) is 5.91 Å². The lowest BCUT2D eigenvalue weighted by atomic mass is 10.1. The summed E-state index contributed by atoms with van der Waals surface area (Å²) in [6.07, 6.45) is 10.5. The zero-order valence-electron chi connectivity index (χ0n) is 20.6. The number of aliphatic hydroxyl groups excluding tert-OH is 1. The highest BCUT2D eigenvalue weighted by atomic mass is 16.5. The van der Waals surface area contributed by atoms with Gasteiger partial charge in [0, 0.05) is 43.1 Å². The van der Waals surface area contributed by atoms with Crippen LogP contribution in [0.25, 0.3) is 0 Å². The fourth-order valence-electron chi connectivity index (χ4n) is 3.56. The lowest BCUT2D eigenvalue weighted by molar-refractivity contribution is -0.134. The largest absolute Gasteiger partial charge is 0.478 e. The van der Waals surface area contributed by atoms with Gasteiger partial charge in [-0.1, -0.05) is 30.7 Å². The molecule has 0 radical (unpaired) electrons. The number of aliphatic carboxylic acids is 2. The first kappa shape index (κ1) is 29.2. The third-order valence-electron chi connectivity index (χ3n) is 5.33. The molecule has 10 nitrogen and oxygen atoms in total. The normalized spacial score (nSPS) is 13.6. The molecular formula is C27H33N3O7. The van der Waals surface area contributed by atoms with Crippen LogP contribution in [0.4, 0.5) is 0 Å². The SMILES string of the molecule is O=C(NC/C=C\COc1cc(CN2CCCCC2)ccn1)c1ccccc1CO.O=C(O)/C=C\C(=O)O. The van der Waals surface area contributed by atoms with E-state index < -0.39 is 11.9 Å². The quantitative estimate of drug-likeness (QED) is 0.264. The summed E-state index contributed by atoms with van der Waals surface area (Å²) in [6.45, 7) is 3.90. The highest BCUT2D eigenvalue weighted by Crippen LogP contribution is 2.15. The van der Waals surface area contributed by atoms with Crippen molar-refractivity contribution >= 4 is 17.8 Å². The summed E-state index contributed by atoms with van der Waals surface area (Å²) in [5.74, 6) is -2.10. The molecule has 3 rings (SSSR count). The summed E-state index contributed by atoms with van der Waals surface area (Å²) >= 11 is 0. The molecule has 2 heterocycles. The number of amides is 1. The maximum absolute atomic E-state index is 12.2. The van der Waals surface area contributed by atoms with Gasteiger partial charge in [0.15, 0.2) is 0 Å². The molecule has 10 heteroatoms. The first-order chi connectivity index (χ1) is 17.9. The van der Waals surface area contributed by atoms with E-state index in [1.54, 1.807) is 30.5 Å². The Bertz CT molecular complexity index is 1060. The van der Waals surface area contributed by atoms with E-state index in [1.807, 2.05) is 24.3 Å². The van der Waals surface area contributed by atoms with Crippen molar-refractivity contribution in [2.45, 2.75) is 32.4 Å². The van der Waals surface area contributed by atoms with Crippen molar-refractivity contribution in [3.63, 3.8) is 0 Å². The van der Waals surface area contributed by atoms with Crippen molar-refractivity contribution in [1.82, 2.24) is 15.2 Å². The number of nitrogens with one attached hydrogen (secondary N) is 1. The van der Waals surface area contributed by atoms with E-state index in [-0.39, 0.29) is 12.5 Å². The lowest BCUT2D eigenvalue weighted by Gasteiger charge is -2.26. The third-order valence-corrected chi connectivity index (χ3v) is 5.33. The van der Waals surface area contributed by atoms with Crippen molar-refractivity contribution < 1.29 is 34.4 Å². The number of rotatable bonds is 11. The molecule has 0 bridgehead atoms. The van der Waals surface area contributed by atoms with Gasteiger partial charge in [-0.2, -0.15) is 0 Å². The van der Waals surface area contributed by atoms with Crippen LogP contribution in [0.15, 0.2) is 66.9 Å². The molecule has 1 saturated heterocycles. The minimum atomic E-state index is -1.26. The topological polar surface area (TPSA) is 149 Å². The predicted octanol–water partition coefficient (Wildman–Crippen LogP) is 2.64. The molecule has 1 aliphatic heterocycles. The first-order valence-corrected chi connectivity index (χ1v) is 11.9. The van der Waals surface area contributed by atoms with Gasteiger partial charge in [-0.05, 0) is 55.3 Å². The molecule has 0 unspecified atom stereocenters. The number of nitrogens with zero attached hydrogens (tertiary/aromatic N) is 2. The summed E-state index contributed by atoms with van der Waals surface area (Å²) in [6, 6.07) is 11.1. The number of carboxylic acid groups (broad SMARTS) is 2. The van der Waals surface area contributed by atoms with Gasteiger partial charge in [-0.15, -0.1) is 0 Å². The van der Waals surface area contributed by atoms with E-state index in [0.29, 0.717) is 42.3 Å². The van der Waals surface area contributed by atoms with Gasteiger partial charge in [0.05, 0.1) is 6.61 Å². The molecule has 1 amide bonds. The summed E-state index contributed by atoms with van der Waals surface area (Å²) in [5, 5.41) is 27.7. The highest BCUT2D eigenvalue weighted by Gasteiger charge is 2.11. The molecule has 1 aromatic heterocycles. The number of hydrogen-bond donors (Lipinski definition) is 4. The summed E-state index contributed by atoms with van der Waals surface area (Å²) in [5.41, 5.74) is 2.33. The first-order valence-electron chi connectivity index (χ1n) is 11.9. The number of carboxylic acids is 2. The van der Waals surface area contributed by atoms with Gasteiger partial charge < -0.3 is 25.4 Å². The second-order valence-corrected chi connectivity index (χ2v) is 8.16.